The van der Waals surface area contributed by atoms with Crippen molar-refractivity contribution in [2.75, 3.05) is 30.3 Å². The number of benzene rings is 2. The van der Waals surface area contributed by atoms with Gasteiger partial charge in [-0.05, 0) is 36.8 Å². The number of para-hydroxylation sites is 2. The van der Waals surface area contributed by atoms with Gasteiger partial charge in [-0.2, -0.15) is 0 Å². The van der Waals surface area contributed by atoms with E-state index in [0.29, 0.717) is 34.4 Å². The molecule has 0 saturated heterocycles. The predicted molar refractivity (Wildman–Crippen MR) is 108 cm³/mol. The number of aryl methyl sites for hydroxylation is 1. The Morgan fingerprint density at radius 3 is 2.68 bits per heavy atom. The van der Waals surface area contributed by atoms with Gasteiger partial charge < -0.3 is 14.8 Å². The molecule has 2 aromatic carbocycles. The maximum Gasteiger partial charge on any atom is 0.240 e. The maximum absolute atomic E-state index is 12.4. The zero-order valence-corrected chi connectivity index (χ0v) is 17.1. The predicted octanol–water partition coefficient (Wildman–Crippen LogP) is 2.37. The summed E-state index contributed by atoms with van der Waals surface area (Å²) < 4.78 is 36.9. The van der Waals surface area contributed by atoms with Crippen molar-refractivity contribution in [3.63, 3.8) is 0 Å². The third kappa shape index (κ3) is 4.88. The Morgan fingerprint density at radius 1 is 1.25 bits per heavy atom. The van der Waals surface area contributed by atoms with Gasteiger partial charge in [-0.1, -0.05) is 29.8 Å². The van der Waals surface area contributed by atoms with E-state index in [-0.39, 0.29) is 19.2 Å². The number of halogens is 1. The largest absolute Gasteiger partial charge is 0.486 e. The van der Waals surface area contributed by atoms with Crippen molar-refractivity contribution in [2.45, 2.75) is 13.0 Å². The average Bonchev–Trinajstić information content (AvgIpc) is 2.65. The van der Waals surface area contributed by atoms with Gasteiger partial charge in [0.15, 0.2) is 11.5 Å². The SMILES string of the molecule is Cc1ccc(Cl)cc1N(CC(=O)NCC1COc2ccccc2O1)S(C)(=O)=O. The molecule has 0 aromatic heterocycles. The van der Waals surface area contributed by atoms with E-state index in [2.05, 4.69) is 5.32 Å². The molecule has 3 rings (SSSR count). The summed E-state index contributed by atoms with van der Waals surface area (Å²) in [7, 11) is -3.68. The number of sulfonamides is 1. The monoisotopic (exact) mass is 424 g/mol. The smallest absolute Gasteiger partial charge is 0.240 e. The Labute approximate surface area is 169 Å². The number of nitrogens with one attached hydrogen (secondary N) is 1. The van der Waals surface area contributed by atoms with Gasteiger partial charge >= 0.3 is 0 Å². The molecule has 9 heteroatoms. The molecule has 150 valence electrons. The Balaban J connectivity index is 1.64. The zero-order valence-electron chi connectivity index (χ0n) is 15.5. The van der Waals surface area contributed by atoms with Crippen LogP contribution in [0.5, 0.6) is 11.5 Å². The molecule has 28 heavy (non-hydrogen) atoms. The Kier molecular flexibility index (Phi) is 6.00. The summed E-state index contributed by atoms with van der Waals surface area (Å²) in [5.74, 6) is 0.817. The van der Waals surface area contributed by atoms with E-state index in [1.54, 1.807) is 31.2 Å². The van der Waals surface area contributed by atoms with Gasteiger partial charge in [0, 0.05) is 5.02 Å². The molecule has 0 fully saturated rings. The molecule has 2 aromatic rings. The molecular formula is C19H21ClN2O5S. The number of amides is 1. The van der Waals surface area contributed by atoms with Gasteiger partial charge in [-0.3, -0.25) is 9.10 Å². The first-order valence-corrected chi connectivity index (χ1v) is 10.9. The van der Waals surface area contributed by atoms with Gasteiger partial charge in [0.25, 0.3) is 0 Å². The fourth-order valence-electron chi connectivity index (χ4n) is 2.81. The van der Waals surface area contributed by atoms with Crippen molar-refractivity contribution in [2.24, 2.45) is 0 Å². The lowest BCUT2D eigenvalue weighted by Gasteiger charge is -2.27. The van der Waals surface area contributed by atoms with Crippen LogP contribution in [-0.4, -0.2) is 46.4 Å². The quantitative estimate of drug-likeness (QED) is 0.769. The number of carbonyl (C=O) groups is 1. The molecule has 0 saturated carbocycles. The zero-order chi connectivity index (χ0) is 20.3. The lowest BCUT2D eigenvalue weighted by molar-refractivity contribution is -0.120. The molecule has 0 aliphatic carbocycles. The van der Waals surface area contributed by atoms with Crippen LogP contribution in [0.25, 0.3) is 0 Å². The second-order valence-electron chi connectivity index (χ2n) is 6.50. The number of hydrogen-bond donors (Lipinski definition) is 1. The van der Waals surface area contributed by atoms with E-state index in [0.717, 1.165) is 10.6 Å². The van der Waals surface area contributed by atoms with Crippen LogP contribution < -0.4 is 19.1 Å². The highest BCUT2D eigenvalue weighted by Gasteiger charge is 2.25. The van der Waals surface area contributed by atoms with Gasteiger partial charge in [-0.25, -0.2) is 8.42 Å². The minimum atomic E-state index is -3.68. The molecule has 1 atom stereocenters. The van der Waals surface area contributed by atoms with Gasteiger partial charge in [0.05, 0.1) is 18.5 Å². The first-order chi connectivity index (χ1) is 13.2. The third-order valence-corrected chi connectivity index (χ3v) is 5.58. The summed E-state index contributed by atoms with van der Waals surface area (Å²) in [6.45, 7) is 1.89. The molecule has 1 amide bonds. The molecule has 1 aliphatic rings. The Bertz CT molecular complexity index is 980. The van der Waals surface area contributed by atoms with Crippen molar-refractivity contribution in [1.29, 1.82) is 0 Å². The summed E-state index contributed by atoms with van der Waals surface area (Å²) in [5.41, 5.74) is 1.07. The summed E-state index contributed by atoms with van der Waals surface area (Å²) >= 11 is 6.00. The molecule has 1 unspecified atom stereocenters. The van der Waals surface area contributed by atoms with Crippen molar-refractivity contribution in [1.82, 2.24) is 5.32 Å². The van der Waals surface area contributed by atoms with Gasteiger partial charge in [0.1, 0.15) is 19.3 Å². The van der Waals surface area contributed by atoms with Crippen LogP contribution >= 0.6 is 11.6 Å². The van der Waals surface area contributed by atoms with Crippen molar-refractivity contribution < 1.29 is 22.7 Å². The topological polar surface area (TPSA) is 84.9 Å². The number of nitrogens with zero attached hydrogens (tertiary/aromatic N) is 1. The maximum atomic E-state index is 12.4. The fraction of sp³-hybridized carbons (Fsp3) is 0.316. The number of rotatable bonds is 6. The van der Waals surface area contributed by atoms with Gasteiger partial charge in [-0.15, -0.1) is 0 Å². The standard InChI is InChI=1S/C19H21ClN2O5S/c1-13-7-8-14(20)9-16(13)22(28(2,24)25)11-19(23)21-10-15-12-26-17-5-3-4-6-18(17)27-15/h3-9,15H,10-12H2,1-2H3,(H,21,23). The van der Waals surface area contributed by atoms with E-state index in [9.17, 15) is 13.2 Å². The number of fused-ring (bicyclic) bond motifs is 1. The number of ether oxygens (including phenoxy) is 2. The van der Waals surface area contributed by atoms with E-state index in [1.165, 1.54) is 6.07 Å². The van der Waals surface area contributed by atoms with Crippen LogP contribution in [0.3, 0.4) is 0 Å². The van der Waals surface area contributed by atoms with Crippen LogP contribution in [0.1, 0.15) is 5.56 Å². The average molecular weight is 425 g/mol. The summed E-state index contributed by atoms with van der Waals surface area (Å²) in [4.78, 5) is 12.4. The summed E-state index contributed by atoms with van der Waals surface area (Å²) in [5, 5.41) is 3.10. The molecule has 1 aliphatic heterocycles. The number of carbonyl (C=O) groups excluding carboxylic acids is 1. The van der Waals surface area contributed by atoms with E-state index in [4.69, 9.17) is 21.1 Å². The molecule has 0 radical (unpaired) electrons. The minimum absolute atomic E-state index is 0.194. The first-order valence-electron chi connectivity index (χ1n) is 8.63. The number of anilines is 1. The Hall–Kier alpha value is -2.45. The van der Waals surface area contributed by atoms with Gasteiger partial charge in [0.2, 0.25) is 15.9 Å². The van der Waals surface area contributed by atoms with E-state index < -0.39 is 15.9 Å². The number of hydrogen-bond acceptors (Lipinski definition) is 5. The molecule has 7 nitrogen and oxygen atoms in total. The van der Waals surface area contributed by atoms with Crippen molar-refractivity contribution >= 4 is 33.2 Å². The van der Waals surface area contributed by atoms with Crippen LogP contribution in [-0.2, 0) is 14.8 Å². The lowest BCUT2D eigenvalue weighted by Crippen LogP contribution is -2.45. The van der Waals surface area contributed by atoms with E-state index >= 15 is 0 Å². The third-order valence-electron chi connectivity index (χ3n) is 4.22. The first kappa shape index (κ1) is 20.3. The normalized spacial score (nSPS) is 15.8. The molecule has 0 spiro atoms. The van der Waals surface area contributed by atoms with Crippen molar-refractivity contribution in [3.05, 3.63) is 53.1 Å². The van der Waals surface area contributed by atoms with Crippen LogP contribution in [0.2, 0.25) is 5.02 Å². The Morgan fingerprint density at radius 2 is 1.96 bits per heavy atom. The minimum Gasteiger partial charge on any atom is -0.486 e. The molecular weight excluding hydrogens is 404 g/mol. The highest BCUT2D eigenvalue weighted by Crippen LogP contribution is 2.30. The lowest BCUT2D eigenvalue weighted by atomic mass is 10.2. The van der Waals surface area contributed by atoms with Crippen molar-refractivity contribution in [3.8, 4) is 11.5 Å². The highest BCUT2D eigenvalue weighted by atomic mass is 35.5. The summed E-state index contributed by atoms with van der Waals surface area (Å²) in [6, 6.07) is 12.2. The molecule has 1 N–H and O–H groups in total. The van der Waals surface area contributed by atoms with E-state index in [1.807, 2.05) is 12.1 Å². The van der Waals surface area contributed by atoms with Crippen LogP contribution in [0, 0.1) is 6.92 Å². The highest BCUT2D eigenvalue weighted by molar-refractivity contribution is 7.92. The molecule has 1 heterocycles. The van der Waals surface area contributed by atoms with Crippen LogP contribution in [0.4, 0.5) is 5.69 Å². The molecule has 0 bridgehead atoms. The summed E-state index contributed by atoms with van der Waals surface area (Å²) in [6.07, 6.45) is 0.689. The fourth-order valence-corrected chi connectivity index (χ4v) is 3.88. The second-order valence-corrected chi connectivity index (χ2v) is 8.85. The second kappa shape index (κ2) is 8.28. The van der Waals surface area contributed by atoms with Crippen LogP contribution in [0.15, 0.2) is 42.5 Å².